The van der Waals surface area contributed by atoms with Gasteiger partial charge in [-0.3, -0.25) is 44.4 Å². The summed E-state index contributed by atoms with van der Waals surface area (Å²) in [5, 5.41) is 40.8. The maximum Gasteiger partial charge on any atom is 0.246 e. The van der Waals surface area contributed by atoms with Crippen molar-refractivity contribution in [2.24, 2.45) is 0 Å². The van der Waals surface area contributed by atoms with Crippen LogP contribution in [0.1, 0.15) is 187 Å². The summed E-state index contributed by atoms with van der Waals surface area (Å²) in [7, 11) is -4.28. The molecule has 5 rings (SSSR count). The Hall–Kier alpha value is -6.23. The molecule has 0 unspecified atom stereocenters. The van der Waals surface area contributed by atoms with Crippen molar-refractivity contribution in [1.29, 1.82) is 0 Å². The van der Waals surface area contributed by atoms with Crippen LogP contribution in [0.4, 0.5) is 11.4 Å². The fourth-order valence-corrected chi connectivity index (χ4v) is 12.2. The second-order valence-corrected chi connectivity index (χ2v) is 25.8. The summed E-state index contributed by atoms with van der Waals surface area (Å²) in [5.41, 5.74) is 8.61. The molecule has 2 aliphatic heterocycles. The highest BCUT2D eigenvalue weighted by Crippen LogP contribution is 2.48. The van der Waals surface area contributed by atoms with Crippen molar-refractivity contribution in [3.63, 3.8) is 0 Å². The molecular weight excluding hydrogens is 1150 g/mol. The van der Waals surface area contributed by atoms with E-state index in [1.54, 1.807) is 0 Å². The van der Waals surface area contributed by atoms with Crippen molar-refractivity contribution in [2.75, 3.05) is 63.0 Å². The summed E-state index contributed by atoms with van der Waals surface area (Å²) in [6, 6.07) is 16.8. The first-order valence-corrected chi connectivity index (χ1v) is 33.2. The number of para-hydroxylation sites is 2. The molecule has 87 heavy (non-hydrogen) atoms. The van der Waals surface area contributed by atoms with Gasteiger partial charge in [0.05, 0.1) is 15.5 Å². The fourth-order valence-electron chi connectivity index (χ4n) is 11.4. The molecule has 3 aliphatic rings. The van der Waals surface area contributed by atoms with Crippen LogP contribution < -0.4 is 20.9 Å². The topological polar surface area (TPSA) is 272 Å². The minimum atomic E-state index is -4.28. The van der Waals surface area contributed by atoms with E-state index in [-0.39, 0.29) is 79.6 Å². The van der Waals surface area contributed by atoms with Gasteiger partial charge in [0.15, 0.2) is 5.71 Å². The van der Waals surface area contributed by atoms with Gasteiger partial charge in [0, 0.05) is 137 Å². The highest BCUT2D eigenvalue weighted by Gasteiger charge is 2.44. The number of rotatable bonds is 38. The van der Waals surface area contributed by atoms with Gasteiger partial charge < -0.3 is 25.4 Å². The first-order chi connectivity index (χ1) is 41.4. The largest absolute Gasteiger partial charge is 0.748 e. The van der Waals surface area contributed by atoms with E-state index < -0.39 is 27.8 Å². The quantitative estimate of drug-likeness (QED) is 0.0120. The van der Waals surface area contributed by atoms with Crippen molar-refractivity contribution in [3.8, 4) is 0 Å². The number of halogens is 1. The zero-order valence-electron chi connectivity index (χ0n) is 51.9. The lowest BCUT2D eigenvalue weighted by molar-refractivity contribution is -0.438. The predicted octanol–water partition coefficient (Wildman–Crippen LogP) is 9.88. The van der Waals surface area contributed by atoms with Crippen molar-refractivity contribution < 1.29 is 61.9 Å². The number of nitrogens with one attached hydrogen (secondary N) is 3. The normalized spacial score (nSPS) is 16.1. The van der Waals surface area contributed by atoms with E-state index in [1.807, 2.05) is 12.1 Å². The van der Waals surface area contributed by atoms with Gasteiger partial charge in [-0.2, -0.15) is 4.58 Å². The number of fused-ring (bicyclic) bond motifs is 2. The Morgan fingerprint density at radius 2 is 1.15 bits per heavy atom. The molecule has 6 N–H and O–H groups in total. The van der Waals surface area contributed by atoms with Crippen molar-refractivity contribution in [1.82, 2.24) is 31.1 Å². The average Bonchev–Trinajstić information content (AvgIpc) is 1.62. The third-order valence-corrected chi connectivity index (χ3v) is 17.7. The first-order valence-electron chi connectivity index (χ1n) is 31.2. The SMILES string of the molecule is CC(=O)N(O)CCCCCNC(=O)CCC(=O)N(O)CCCCCNC(=O)CCC(=O)N(O)CCCCCNC(=O)CCCCC[N+]1=C(/C=C/C2=C(Cl)C(=C\C=C3/N(CCCCS(=O)(=O)[O-])c4ccccc4C3(C)C)/CCC2)C(C)(C)c2ccccc21. The standard InChI is InChI=1S/C65H95ClN8O12S/c1-49(75)72(81)45-19-7-15-41-68-59(77)36-38-62(80)74(83)47-21-9-17-42-69-60(78)37-39-61(79)73(82)46-20-8-16-40-67-58(76)31-10-6-18-43-70-54-29-13-11-27-52(54)64(2,3)56(70)34-32-50-25-24-26-51(63(50)66)33-35-57-65(4,5)53-28-12-14-30-55(53)71(57)44-22-23-48-87(84,85)86/h11-14,27-30,32-35,81-83H,6-10,15-26,31,36-48H2,1-5H3,(H3-,67,68,69,76,77,78,84,85,86). The molecule has 480 valence electrons. The Balaban J connectivity index is 0.952. The molecule has 0 saturated heterocycles. The van der Waals surface area contributed by atoms with E-state index in [0.29, 0.717) is 118 Å². The summed E-state index contributed by atoms with van der Waals surface area (Å²) < 4.78 is 36.4. The summed E-state index contributed by atoms with van der Waals surface area (Å²) in [6.07, 6.45) is 20.2. The minimum absolute atomic E-state index is 0.0109. The zero-order chi connectivity index (χ0) is 63.6. The molecule has 2 heterocycles. The summed E-state index contributed by atoms with van der Waals surface area (Å²) in [4.78, 5) is 75.1. The molecule has 2 aromatic rings. The van der Waals surface area contributed by atoms with E-state index in [1.165, 1.54) is 29.4 Å². The van der Waals surface area contributed by atoms with E-state index >= 15 is 0 Å². The number of hydroxylamine groups is 6. The molecule has 0 radical (unpaired) electrons. The van der Waals surface area contributed by atoms with Gasteiger partial charge in [-0.05, 0) is 145 Å². The van der Waals surface area contributed by atoms with Crippen LogP contribution in [0.5, 0.6) is 0 Å². The molecule has 0 atom stereocenters. The molecule has 0 spiro atoms. The number of carbonyl (C=O) groups excluding carboxylic acids is 6. The number of carbonyl (C=O) groups is 6. The number of anilines is 1. The van der Waals surface area contributed by atoms with Crippen LogP contribution in [0.15, 0.2) is 94.7 Å². The van der Waals surface area contributed by atoms with Crippen LogP contribution in [0.2, 0.25) is 0 Å². The highest BCUT2D eigenvalue weighted by molar-refractivity contribution is 7.85. The maximum absolute atomic E-state index is 12.8. The van der Waals surface area contributed by atoms with Gasteiger partial charge in [-0.1, -0.05) is 74.0 Å². The molecule has 2 aromatic carbocycles. The summed E-state index contributed by atoms with van der Waals surface area (Å²) in [6.45, 7) is 13.2. The molecule has 0 bridgehead atoms. The van der Waals surface area contributed by atoms with Crippen LogP contribution in [-0.4, -0.2) is 148 Å². The second-order valence-electron chi connectivity index (χ2n) is 23.9. The Labute approximate surface area is 520 Å². The van der Waals surface area contributed by atoms with E-state index in [9.17, 15) is 57.4 Å². The van der Waals surface area contributed by atoms with Gasteiger partial charge in [0.25, 0.3) is 0 Å². The minimum Gasteiger partial charge on any atom is -0.748 e. The lowest BCUT2D eigenvalue weighted by atomic mass is 9.81. The molecule has 6 amide bonds. The van der Waals surface area contributed by atoms with E-state index in [0.717, 1.165) is 72.6 Å². The van der Waals surface area contributed by atoms with Gasteiger partial charge in [0.1, 0.15) is 6.54 Å². The third-order valence-electron chi connectivity index (χ3n) is 16.4. The second kappa shape index (κ2) is 35.7. The predicted molar refractivity (Wildman–Crippen MR) is 336 cm³/mol. The van der Waals surface area contributed by atoms with Crippen LogP contribution in [-0.2, 0) is 49.7 Å². The number of nitrogens with zero attached hydrogens (tertiary/aromatic N) is 5. The number of hydrogen-bond donors (Lipinski definition) is 6. The van der Waals surface area contributed by atoms with Crippen molar-refractivity contribution in [3.05, 3.63) is 106 Å². The average molecular weight is 1250 g/mol. The lowest BCUT2D eigenvalue weighted by Gasteiger charge is -2.27. The Kier molecular flexibility index (Phi) is 29.3. The van der Waals surface area contributed by atoms with Gasteiger partial charge in [0.2, 0.25) is 41.1 Å². The van der Waals surface area contributed by atoms with Crippen molar-refractivity contribution in [2.45, 2.75) is 187 Å². The molecule has 1 aliphatic carbocycles. The molecule has 20 nitrogen and oxygen atoms in total. The molecule has 0 fully saturated rings. The Morgan fingerprint density at radius 1 is 0.621 bits per heavy atom. The molecular formula is C65H95ClN8O12S. The van der Waals surface area contributed by atoms with Gasteiger partial charge in [-0.25, -0.2) is 23.6 Å². The first kappa shape index (κ1) is 71.5. The Bertz CT molecular complexity index is 2960. The molecule has 0 saturated carbocycles. The lowest BCUT2D eigenvalue weighted by Crippen LogP contribution is -2.31. The zero-order valence-corrected chi connectivity index (χ0v) is 53.5. The number of unbranched alkanes of at least 4 members (excludes halogenated alkanes) is 9. The summed E-state index contributed by atoms with van der Waals surface area (Å²) in [5.74, 6) is -2.58. The molecule has 22 heteroatoms. The van der Waals surface area contributed by atoms with E-state index in [2.05, 4.69) is 114 Å². The van der Waals surface area contributed by atoms with E-state index in [4.69, 9.17) is 11.6 Å². The third kappa shape index (κ3) is 23.0. The van der Waals surface area contributed by atoms with Crippen LogP contribution in [0, 0.1) is 0 Å². The van der Waals surface area contributed by atoms with Crippen molar-refractivity contribution >= 4 is 74.2 Å². The smallest absolute Gasteiger partial charge is 0.246 e. The van der Waals surface area contributed by atoms with Gasteiger partial charge >= 0.3 is 0 Å². The number of amides is 6. The number of hydrogen-bond acceptors (Lipinski definition) is 13. The maximum atomic E-state index is 12.8. The van der Waals surface area contributed by atoms with Crippen LogP contribution in [0.3, 0.4) is 0 Å². The Morgan fingerprint density at radius 3 is 1.72 bits per heavy atom. The molecule has 0 aromatic heterocycles. The van der Waals surface area contributed by atoms with Crippen LogP contribution >= 0.6 is 11.6 Å². The number of benzene rings is 2. The number of allylic oxidation sites excluding steroid dienone is 8. The monoisotopic (exact) mass is 1250 g/mol. The fraction of sp³-hybridized carbons (Fsp3) is 0.585. The summed E-state index contributed by atoms with van der Waals surface area (Å²) >= 11 is 7.27. The van der Waals surface area contributed by atoms with Crippen LogP contribution in [0.25, 0.3) is 0 Å². The highest BCUT2D eigenvalue weighted by atomic mass is 35.5. The van der Waals surface area contributed by atoms with Gasteiger partial charge in [-0.15, -0.1) is 0 Å².